The summed E-state index contributed by atoms with van der Waals surface area (Å²) < 4.78 is 56.3. The lowest BCUT2D eigenvalue weighted by Crippen LogP contribution is -2.57. The van der Waals surface area contributed by atoms with Crippen LogP contribution in [0.4, 0.5) is 13.2 Å². The molecule has 0 amide bonds. The molecule has 1 N–H and O–H groups in total. The van der Waals surface area contributed by atoms with Gasteiger partial charge in [0.15, 0.2) is 5.67 Å². The van der Waals surface area contributed by atoms with Crippen LogP contribution in [0, 0.1) is 11.6 Å². The van der Waals surface area contributed by atoms with E-state index < -0.39 is 29.3 Å². The van der Waals surface area contributed by atoms with Gasteiger partial charge in [-0.1, -0.05) is 18.2 Å². The molecule has 2 aromatic carbocycles. The van der Waals surface area contributed by atoms with Crippen LogP contribution in [0.25, 0.3) is 17.0 Å². The summed E-state index contributed by atoms with van der Waals surface area (Å²) in [5.74, 6) is -2.12. The van der Waals surface area contributed by atoms with Crippen molar-refractivity contribution in [3.05, 3.63) is 76.5 Å². The molecule has 8 heteroatoms. The van der Waals surface area contributed by atoms with Crippen molar-refractivity contribution in [2.24, 2.45) is 0 Å². The number of hydrogen-bond acceptors (Lipinski definition) is 4. The average molecular weight is 485 g/mol. The van der Waals surface area contributed by atoms with Gasteiger partial charge in [0.1, 0.15) is 11.6 Å². The Balaban J connectivity index is 1.61. The molecule has 0 spiro atoms. The second-order valence-electron chi connectivity index (χ2n) is 9.32. The van der Waals surface area contributed by atoms with Crippen molar-refractivity contribution in [2.75, 3.05) is 26.4 Å². The zero-order valence-electron chi connectivity index (χ0n) is 19.6. The minimum atomic E-state index is -1.56. The van der Waals surface area contributed by atoms with Gasteiger partial charge in [0.2, 0.25) is 0 Å². The predicted molar refractivity (Wildman–Crippen MR) is 127 cm³/mol. The van der Waals surface area contributed by atoms with Gasteiger partial charge in [-0.2, -0.15) is 0 Å². The SMILES string of the molecule is CCOC(=O)/C=C/c1cc(F)c([C@@H]2c3[nH]c4ccccc4c3C[C@@H](C)N2CC2(F)COC2)c(F)c1. The fraction of sp³-hybridized carbons (Fsp3) is 0.370. The molecule has 0 saturated carbocycles. The summed E-state index contributed by atoms with van der Waals surface area (Å²) in [6.45, 7) is 3.75. The topological polar surface area (TPSA) is 54.6 Å². The van der Waals surface area contributed by atoms with Crippen molar-refractivity contribution >= 4 is 22.9 Å². The molecule has 2 atom stereocenters. The fourth-order valence-corrected chi connectivity index (χ4v) is 5.12. The number of rotatable bonds is 6. The normalized spacial score (nSPS) is 21.7. The van der Waals surface area contributed by atoms with Crippen LogP contribution in [-0.2, 0) is 20.7 Å². The predicted octanol–water partition coefficient (Wildman–Crippen LogP) is 5.10. The maximum Gasteiger partial charge on any atom is 0.330 e. The molecule has 2 aliphatic rings. The molecule has 3 heterocycles. The highest BCUT2D eigenvalue weighted by Gasteiger charge is 2.46. The van der Waals surface area contributed by atoms with E-state index in [1.807, 2.05) is 36.1 Å². The average Bonchev–Trinajstić information content (AvgIpc) is 3.16. The first-order chi connectivity index (χ1) is 16.8. The summed E-state index contributed by atoms with van der Waals surface area (Å²) >= 11 is 0. The highest BCUT2D eigenvalue weighted by Crippen LogP contribution is 2.44. The van der Waals surface area contributed by atoms with Gasteiger partial charge in [-0.15, -0.1) is 0 Å². The Labute approximate surface area is 201 Å². The summed E-state index contributed by atoms with van der Waals surface area (Å²) in [5, 5.41) is 0.996. The maximum absolute atomic E-state index is 15.6. The number of carbonyl (C=O) groups excluding carboxylic acids is 1. The lowest BCUT2D eigenvalue weighted by molar-refractivity contribution is -0.148. The van der Waals surface area contributed by atoms with Gasteiger partial charge in [0.05, 0.1) is 25.9 Å². The van der Waals surface area contributed by atoms with Gasteiger partial charge in [-0.25, -0.2) is 18.0 Å². The van der Waals surface area contributed by atoms with Gasteiger partial charge in [0, 0.05) is 40.8 Å². The number of aromatic nitrogens is 1. The monoisotopic (exact) mass is 484 g/mol. The Hall–Kier alpha value is -3.10. The van der Waals surface area contributed by atoms with Crippen molar-refractivity contribution in [1.82, 2.24) is 9.88 Å². The lowest BCUT2D eigenvalue weighted by Gasteiger charge is -2.46. The van der Waals surface area contributed by atoms with Gasteiger partial charge < -0.3 is 14.5 Å². The third kappa shape index (κ3) is 4.36. The Morgan fingerprint density at radius 2 is 1.97 bits per heavy atom. The van der Waals surface area contributed by atoms with E-state index in [4.69, 9.17) is 9.47 Å². The van der Waals surface area contributed by atoms with Crippen molar-refractivity contribution in [3.8, 4) is 0 Å². The number of nitrogens with zero attached hydrogens (tertiary/aromatic N) is 1. The molecule has 0 bridgehead atoms. The number of alkyl halides is 1. The van der Waals surface area contributed by atoms with Crippen LogP contribution < -0.4 is 0 Å². The first kappa shape index (κ1) is 23.6. The lowest BCUT2D eigenvalue weighted by atomic mass is 9.86. The van der Waals surface area contributed by atoms with Crippen molar-refractivity contribution in [2.45, 2.75) is 38.0 Å². The number of para-hydroxylation sites is 1. The summed E-state index contributed by atoms with van der Waals surface area (Å²) in [4.78, 5) is 16.8. The summed E-state index contributed by atoms with van der Waals surface area (Å²) in [5.41, 5.74) is 0.997. The number of benzene rings is 2. The van der Waals surface area contributed by atoms with Crippen molar-refractivity contribution < 1.29 is 27.4 Å². The molecule has 1 aromatic heterocycles. The van der Waals surface area contributed by atoms with E-state index in [-0.39, 0.29) is 43.5 Å². The smallest absolute Gasteiger partial charge is 0.330 e. The van der Waals surface area contributed by atoms with Crippen LogP contribution >= 0.6 is 0 Å². The number of H-pyrrole nitrogens is 1. The number of fused-ring (bicyclic) bond motifs is 3. The zero-order valence-corrected chi connectivity index (χ0v) is 19.6. The van der Waals surface area contributed by atoms with E-state index in [9.17, 15) is 4.79 Å². The molecule has 5 rings (SSSR count). The molecule has 0 aliphatic carbocycles. The first-order valence-electron chi connectivity index (χ1n) is 11.8. The number of halogens is 3. The number of esters is 1. The Bertz CT molecular complexity index is 1280. The summed E-state index contributed by atoms with van der Waals surface area (Å²) in [6, 6.07) is 9.09. The van der Waals surface area contributed by atoms with E-state index in [1.54, 1.807) is 6.92 Å². The summed E-state index contributed by atoms with van der Waals surface area (Å²) in [6.07, 6.45) is 3.06. The molecule has 184 valence electrons. The van der Waals surface area contributed by atoms with E-state index in [0.717, 1.165) is 22.5 Å². The molecular formula is C27H27F3N2O3. The Morgan fingerprint density at radius 3 is 2.63 bits per heavy atom. The largest absolute Gasteiger partial charge is 0.463 e. The maximum atomic E-state index is 15.6. The van der Waals surface area contributed by atoms with Crippen molar-refractivity contribution in [3.63, 3.8) is 0 Å². The summed E-state index contributed by atoms with van der Waals surface area (Å²) in [7, 11) is 0. The van der Waals surface area contributed by atoms with Gasteiger partial charge in [-0.05, 0) is 55.7 Å². The minimum Gasteiger partial charge on any atom is -0.463 e. The fourth-order valence-electron chi connectivity index (χ4n) is 5.12. The van der Waals surface area contributed by atoms with Gasteiger partial charge in [0.25, 0.3) is 0 Å². The molecule has 2 aliphatic heterocycles. The van der Waals surface area contributed by atoms with Crippen molar-refractivity contribution in [1.29, 1.82) is 0 Å². The number of hydrogen-bond donors (Lipinski definition) is 1. The quantitative estimate of drug-likeness (QED) is 0.391. The molecule has 1 saturated heterocycles. The third-order valence-electron chi connectivity index (χ3n) is 6.78. The Morgan fingerprint density at radius 1 is 1.26 bits per heavy atom. The number of carbonyl (C=O) groups is 1. The zero-order chi connectivity index (χ0) is 24.7. The van der Waals surface area contributed by atoms with Crippen LogP contribution in [-0.4, -0.2) is 53.9 Å². The second kappa shape index (κ2) is 9.17. The van der Waals surface area contributed by atoms with E-state index in [1.165, 1.54) is 18.2 Å². The van der Waals surface area contributed by atoms with E-state index >= 15 is 13.2 Å². The van der Waals surface area contributed by atoms with Crippen LogP contribution in [0.15, 0.2) is 42.5 Å². The Kier molecular flexibility index (Phi) is 6.19. The van der Waals surface area contributed by atoms with Gasteiger partial charge >= 0.3 is 5.97 Å². The highest BCUT2D eigenvalue weighted by atomic mass is 19.1. The highest BCUT2D eigenvalue weighted by molar-refractivity contribution is 5.87. The molecule has 0 radical (unpaired) electrons. The van der Waals surface area contributed by atoms with E-state index in [2.05, 4.69) is 4.98 Å². The van der Waals surface area contributed by atoms with Gasteiger partial charge in [-0.3, -0.25) is 4.90 Å². The molecule has 1 fully saturated rings. The molecule has 0 unspecified atom stereocenters. The number of aromatic amines is 1. The first-order valence-corrected chi connectivity index (χ1v) is 11.8. The van der Waals surface area contributed by atoms with Crippen LogP contribution in [0.3, 0.4) is 0 Å². The van der Waals surface area contributed by atoms with Crippen LogP contribution in [0.1, 0.15) is 42.3 Å². The third-order valence-corrected chi connectivity index (χ3v) is 6.78. The molecule has 5 nitrogen and oxygen atoms in total. The number of nitrogens with one attached hydrogen (secondary N) is 1. The van der Waals surface area contributed by atoms with Crippen LogP contribution in [0.2, 0.25) is 0 Å². The molecule has 35 heavy (non-hydrogen) atoms. The number of ether oxygens (including phenoxy) is 2. The van der Waals surface area contributed by atoms with Crippen LogP contribution in [0.5, 0.6) is 0 Å². The molecular weight excluding hydrogens is 457 g/mol. The standard InChI is InChI=1S/C27H27F3N2O3/c1-3-35-23(33)9-8-17-11-20(28)24(21(29)12-17)26-25-19(18-6-4-5-7-22(18)31-25)10-16(2)32(26)13-27(30)14-34-15-27/h4-9,11-12,16,26,31H,3,10,13-15H2,1-2H3/b9-8+/t16-,26-/m1/s1. The van der Waals surface area contributed by atoms with E-state index in [0.29, 0.717) is 12.1 Å². The minimum absolute atomic E-state index is 0.00295. The molecule has 3 aromatic rings. The second-order valence-corrected chi connectivity index (χ2v) is 9.32.